The van der Waals surface area contributed by atoms with Crippen molar-refractivity contribution in [2.75, 3.05) is 18.0 Å². The van der Waals surface area contributed by atoms with Gasteiger partial charge in [0.1, 0.15) is 17.9 Å². The van der Waals surface area contributed by atoms with Crippen LogP contribution in [0.3, 0.4) is 0 Å². The van der Waals surface area contributed by atoms with Crippen molar-refractivity contribution in [3.05, 3.63) is 53.3 Å². The number of benzene rings is 1. The summed E-state index contributed by atoms with van der Waals surface area (Å²) in [5, 5.41) is 8.96. The Morgan fingerprint density at radius 2 is 2.08 bits per heavy atom. The zero-order chi connectivity index (χ0) is 18.0. The molecule has 5 nitrogen and oxygen atoms in total. The second-order valence-electron chi connectivity index (χ2n) is 5.82. The molecule has 25 heavy (non-hydrogen) atoms. The highest BCUT2D eigenvalue weighted by Crippen LogP contribution is 2.33. The van der Waals surface area contributed by atoms with Crippen LogP contribution in [0.1, 0.15) is 29.8 Å². The Kier molecular flexibility index (Phi) is 4.59. The average molecular weight is 348 g/mol. The number of anilines is 1. The lowest BCUT2D eigenvalue weighted by molar-refractivity contribution is -0.137. The fourth-order valence-corrected chi connectivity index (χ4v) is 2.78. The van der Waals surface area contributed by atoms with Crippen molar-refractivity contribution < 1.29 is 17.9 Å². The first-order valence-electron chi connectivity index (χ1n) is 7.67. The quantitative estimate of drug-likeness (QED) is 0.833. The van der Waals surface area contributed by atoms with Gasteiger partial charge in [-0.05, 0) is 30.7 Å². The minimum Gasteiger partial charge on any atom is -0.367 e. The summed E-state index contributed by atoms with van der Waals surface area (Å²) < 4.78 is 44.6. The molecule has 0 bridgehead atoms. The van der Waals surface area contributed by atoms with E-state index in [1.54, 1.807) is 6.07 Å². The summed E-state index contributed by atoms with van der Waals surface area (Å²) >= 11 is 0. The van der Waals surface area contributed by atoms with Crippen LogP contribution in [0, 0.1) is 11.3 Å². The molecule has 1 saturated heterocycles. The van der Waals surface area contributed by atoms with Crippen molar-refractivity contribution in [3.63, 3.8) is 0 Å². The third-order valence-corrected chi connectivity index (χ3v) is 3.89. The van der Waals surface area contributed by atoms with Crippen molar-refractivity contribution in [3.8, 4) is 6.07 Å². The molecule has 2 heterocycles. The molecule has 1 fully saturated rings. The molecule has 1 aliphatic rings. The molecule has 8 heteroatoms. The van der Waals surface area contributed by atoms with Gasteiger partial charge < -0.3 is 9.64 Å². The molecular weight excluding hydrogens is 333 g/mol. The van der Waals surface area contributed by atoms with E-state index in [9.17, 15) is 13.2 Å². The van der Waals surface area contributed by atoms with Crippen LogP contribution in [0.2, 0.25) is 0 Å². The highest BCUT2D eigenvalue weighted by molar-refractivity contribution is 5.36. The zero-order valence-electron chi connectivity index (χ0n) is 13.4. The predicted molar refractivity (Wildman–Crippen MR) is 83.7 cm³/mol. The van der Waals surface area contributed by atoms with Gasteiger partial charge in [0.05, 0.1) is 18.2 Å². The molecule has 2 atom stereocenters. The zero-order valence-corrected chi connectivity index (χ0v) is 13.4. The second-order valence-corrected chi connectivity index (χ2v) is 5.82. The van der Waals surface area contributed by atoms with E-state index in [-0.39, 0.29) is 11.8 Å². The smallest absolute Gasteiger partial charge is 0.367 e. The van der Waals surface area contributed by atoms with E-state index in [2.05, 4.69) is 9.97 Å². The van der Waals surface area contributed by atoms with Gasteiger partial charge in [0.2, 0.25) is 5.95 Å². The van der Waals surface area contributed by atoms with Crippen LogP contribution < -0.4 is 4.90 Å². The van der Waals surface area contributed by atoms with E-state index in [1.165, 1.54) is 18.3 Å². The molecule has 3 rings (SSSR count). The summed E-state index contributed by atoms with van der Waals surface area (Å²) in [6, 6.07) is 8.57. The Bertz CT molecular complexity index is 803. The Balaban J connectivity index is 1.87. The molecule has 0 aliphatic carbocycles. The highest BCUT2D eigenvalue weighted by Gasteiger charge is 2.33. The van der Waals surface area contributed by atoms with Crippen molar-refractivity contribution in [2.45, 2.75) is 25.3 Å². The molecule has 0 N–H and O–H groups in total. The Labute approximate surface area is 142 Å². The van der Waals surface area contributed by atoms with Crippen molar-refractivity contribution in [1.82, 2.24) is 9.97 Å². The van der Waals surface area contributed by atoms with Crippen molar-refractivity contribution in [2.24, 2.45) is 0 Å². The third-order valence-electron chi connectivity index (χ3n) is 3.89. The molecule has 2 aromatic rings. The first-order valence-corrected chi connectivity index (χ1v) is 7.67. The minimum absolute atomic E-state index is 0.220. The van der Waals surface area contributed by atoms with Gasteiger partial charge >= 0.3 is 6.18 Å². The summed E-state index contributed by atoms with van der Waals surface area (Å²) in [6.07, 6.45) is -3.68. The molecule has 1 aliphatic heterocycles. The highest BCUT2D eigenvalue weighted by atomic mass is 19.4. The van der Waals surface area contributed by atoms with Gasteiger partial charge in [0.25, 0.3) is 0 Å². The lowest BCUT2D eigenvalue weighted by Crippen LogP contribution is -2.43. The van der Waals surface area contributed by atoms with Gasteiger partial charge in [0.15, 0.2) is 0 Å². The first kappa shape index (κ1) is 17.2. The van der Waals surface area contributed by atoms with Crippen molar-refractivity contribution in [1.29, 1.82) is 5.26 Å². The largest absolute Gasteiger partial charge is 0.416 e. The predicted octanol–water partition coefficient (Wildman–Crippen LogP) is 3.33. The summed E-state index contributed by atoms with van der Waals surface area (Å²) in [5.41, 5.74) is -0.0244. The maximum Gasteiger partial charge on any atom is 0.416 e. The van der Waals surface area contributed by atoms with Crippen LogP contribution in [0.15, 0.2) is 36.5 Å². The number of nitriles is 1. The number of alkyl halides is 3. The third kappa shape index (κ3) is 3.88. The summed E-state index contributed by atoms with van der Waals surface area (Å²) in [4.78, 5) is 10.1. The van der Waals surface area contributed by atoms with Gasteiger partial charge in [-0.2, -0.15) is 18.4 Å². The van der Waals surface area contributed by atoms with E-state index in [1.807, 2.05) is 17.9 Å². The summed E-state index contributed by atoms with van der Waals surface area (Å²) in [5.74, 6) is 0.367. The number of ether oxygens (including phenoxy) is 1. The van der Waals surface area contributed by atoms with E-state index >= 15 is 0 Å². The average Bonchev–Trinajstić information content (AvgIpc) is 2.60. The number of hydrogen-bond donors (Lipinski definition) is 0. The van der Waals surface area contributed by atoms with Crippen molar-refractivity contribution >= 4 is 5.95 Å². The number of aromatic nitrogens is 2. The summed E-state index contributed by atoms with van der Waals surface area (Å²) in [6.45, 7) is 2.63. The second kappa shape index (κ2) is 6.69. The number of hydrogen-bond acceptors (Lipinski definition) is 5. The number of rotatable bonds is 2. The van der Waals surface area contributed by atoms with E-state index < -0.39 is 17.8 Å². The van der Waals surface area contributed by atoms with Gasteiger partial charge in [-0.1, -0.05) is 12.1 Å². The van der Waals surface area contributed by atoms with Crippen LogP contribution in [-0.4, -0.2) is 29.2 Å². The first-order chi connectivity index (χ1) is 11.9. The normalized spacial score (nSPS) is 21.0. The minimum atomic E-state index is -4.40. The molecule has 0 radical (unpaired) electrons. The molecule has 0 saturated carbocycles. The number of nitrogens with zero attached hydrogens (tertiary/aromatic N) is 4. The molecule has 0 unspecified atom stereocenters. The molecule has 130 valence electrons. The van der Waals surface area contributed by atoms with Gasteiger partial charge in [-0.3, -0.25) is 0 Å². The Morgan fingerprint density at radius 1 is 1.28 bits per heavy atom. The van der Waals surface area contributed by atoms with Gasteiger partial charge in [0, 0.05) is 12.7 Å². The van der Waals surface area contributed by atoms with E-state index in [0.29, 0.717) is 24.6 Å². The molecule has 0 spiro atoms. The topological polar surface area (TPSA) is 62.0 Å². The Hall–Kier alpha value is -2.66. The molecular formula is C17H15F3N4O. The molecule has 0 amide bonds. The maximum atomic E-state index is 12.9. The summed E-state index contributed by atoms with van der Waals surface area (Å²) in [7, 11) is 0. The lowest BCUT2D eigenvalue weighted by Gasteiger charge is -2.37. The number of halogens is 3. The van der Waals surface area contributed by atoms with Crippen LogP contribution >= 0.6 is 0 Å². The van der Waals surface area contributed by atoms with Crippen LogP contribution in [0.4, 0.5) is 19.1 Å². The monoisotopic (exact) mass is 348 g/mol. The van der Waals surface area contributed by atoms with E-state index in [4.69, 9.17) is 10.00 Å². The molecule has 1 aromatic heterocycles. The molecule has 1 aromatic carbocycles. The van der Waals surface area contributed by atoms with Crippen LogP contribution in [0.25, 0.3) is 0 Å². The van der Waals surface area contributed by atoms with Gasteiger partial charge in [-0.15, -0.1) is 0 Å². The Morgan fingerprint density at radius 3 is 2.80 bits per heavy atom. The fourth-order valence-electron chi connectivity index (χ4n) is 2.78. The standard InChI is InChI=1S/C17H15F3N4O/c1-11-9-24(16-22-6-5-14(8-21)23-16)10-15(25-11)12-3-2-4-13(7-12)17(18,19)20/h2-7,11,15H,9-10H2,1H3/t11-,15+/m1/s1. The van der Waals surface area contributed by atoms with Crippen LogP contribution in [0.5, 0.6) is 0 Å². The lowest BCUT2D eigenvalue weighted by atomic mass is 10.0. The van der Waals surface area contributed by atoms with E-state index in [0.717, 1.165) is 12.1 Å². The number of morpholine rings is 1. The van der Waals surface area contributed by atoms with Gasteiger partial charge in [-0.25, -0.2) is 9.97 Å². The van der Waals surface area contributed by atoms with Crippen LogP contribution in [-0.2, 0) is 10.9 Å². The maximum absolute atomic E-state index is 12.9. The SMILES string of the molecule is C[C@@H]1CN(c2nccc(C#N)n2)C[C@@H](c2cccc(C(F)(F)F)c2)O1. The fraction of sp³-hybridized carbons (Fsp3) is 0.353.